The van der Waals surface area contributed by atoms with Gasteiger partial charge in [-0.25, -0.2) is 0 Å². The lowest BCUT2D eigenvalue weighted by Gasteiger charge is -2.42. The van der Waals surface area contributed by atoms with E-state index in [1.807, 2.05) is 0 Å². The molecule has 1 aromatic rings. The van der Waals surface area contributed by atoms with Crippen LogP contribution in [0.15, 0.2) is 16.8 Å². The summed E-state index contributed by atoms with van der Waals surface area (Å²) >= 11 is 1.69. The van der Waals surface area contributed by atoms with Crippen LogP contribution in [-0.4, -0.2) is 29.3 Å². The van der Waals surface area contributed by atoms with E-state index < -0.39 is 0 Å². The van der Waals surface area contributed by atoms with E-state index in [9.17, 15) is 4.79 Å². The first-order valence-electron chi connectivity index (χ1n) is 7.61. The maximum absolute atomic E-state index is 12.9. The van der Waals surface area contributed by atoms with E-state index in [-0.39, 0.29) is 5.54 Å². The Hall–Kier alpha value is -0.670. The summed E-state index contributed by atoms with van der Waals surface area (Å²) in [6.07, 6.45) is 9.16. The van der Waals surface area contributed by atoms with Gasteiger partial charge in [-0.1, -0.05) is 19.3 Å². The van der Waals surface area contributed by atoms with Gasteiger partial charge >= 0.3 is 0 Å². The lowest BCUT2D eigenvalue weighted by atomic mass is 9.85. The van der Waals surface area contributed by atoms with Crippen LogP contribution in [0.3, 0.4) is 0 Å². The molecule has 2 fully saturated rings. The van der Waals surface area contributed by atoms with Gasteiger partial charge in [0.1, 0.15) is 0 Å². The van der Waals surface area contributed by atoms with Crippen molar-refractivity contribution in [2.75, 3.05) is 13.1 Å². The third-order valence-electron chi connectivity index (χ3n) is 4.86. The number of piperidine rings is 1. The second-order valence-corrected chi connectivity index (χ2v) is 6.80. The zero-order valence-corrected chi connectivity index (χ0v) is 12.4. The van der Waals surface area contributed by atoms with Crippen LogP contribution in [0.1, 0.15) is 50.5 Å². The second-order valence-electron chi connectivity index (χ2n) is 6.02. The van der Waals surface area contributed by atoms with Gasteiger partial charge in [-0.2, -0.15) is 11.3 Å². The molecule has 1 saturated carbocycles. The number of hydrogen-bond donors (Lipinski definition) is 0. The molecule has 104 valence electrons. The molecule has 0 atom stereocenters. The van der Waals surface area contributed by atoms with Gasteiger partial charge < -0.3 is 0 Å². The zero-order valence-electron chi connectivity index (χ0n) is 11.6. The normalized spacial score (nSPS) is 23.6. The summed E-state index contributed by atoms with van der Waals surface area (Å²) < 4.78 is 0. The number of nitrogens with zero attached hydrogens (tertiary/aromatic N) is 1. The Morgan fingerprint density at radius 1 is 1.16 bits per heavy atom. The average Bonchev–Trinajstić information content (AvgIpc) is 3.11. The van der Waals surface area contributed by atoms with Crippen LogP contribution in [0.25, 0.3) is 0 Å². The highest BCUT2D eigenvalue weighted by Gasteiger charge is 2.45. The maximum atomic E-state index is 12.9. The molecule has 0 N–H and O–H groups in total. The summed E-state index contributed by atoms with van der Waals surface area (Å²) in [6, 6.07) is 2.10. The average molecular weight is 277 g/mol. The van der Waals surface area contributed by atoms with Crippen molar-refractivity contribution in [1.82, 2.24) is 4.90 Å². The summed E-state index contributed by atoms with van der Waals surface area (Å²) in [4.78, 5) is 15.4. The Bertz CT molecular complexity index is 414. The monoisotopic (exact) mass is 277 g/mol. The molecule has 0 unspecified atom stereocenters. The Balaban J connectivity index is 1.77. The number of rotatable bonds is 4. The molecule has 3 rings (SSSR count). The largest absolute Gasteiger partial charge is 0.297 e. The van der Waals surface area contributed by atoms with Crippen molar-refractivity contribution in [2.24, 2.45) is 0 Å². The van der Waals surface area contributed by atoms with Crippen LogP contribution in [0.5, 0.6) is 0 Å². The molecule has 0 spiro atoms. The molecular weight excluding hydrogens is 254 g/mol. The van der Waals surface area contributed by atoms with E-state index in [2.05, 4.69) is 21.7 Å². The molecule has 1 aliphatic carbocycles. The van der Waals surface area contributed by atoms with E-state index in [0.717, 1.165) is 25.9 Å². The van der Waals surface area contributed by atoms with Crippen LogP contribution in [0.2, 0.25) is 0 Å². The SMILES string of the molecule is O=C(Cc1ccsc1)C1(N2CCCCC2)CCCC1. The van der Waals surface area contributed by atoms with Crippen LogP contribution < -0.4 is 0 Å². The molecule has 1 aromatic heterocycles. The van der Waals surface area contributed by atoms with Crippen LogP contribution in [0.4, 0.5) is 0 Å². The summed E-state index contributed by atoms with van der Waals surface area (Å²) in [5, 5.41) is 4.20. The molecule has 1 aliphatic heterocycles. The van der Waals surface area contributed by atoms with Gasteiger partial charge in [0.05, 0.1) is 5.54 Å². The molecule has 0 radical (unpaired) electrons. The zero-order chi connectivity index (χ0) is 13.1. The van der Waals surface area contributed by atoms with E-state index in [1.165, 1.54) is 37.7 Å². The molecule has 0 amide bonds. The number of ketones is 1. The van der Waals surface area contributed by atoms with Gasteiger partial charge in [-0.3, -0.25) is 9.69 Å². The number of hydrogen-bond acceptors (Lipinski definition) is 3. The first-order valence-corrected chi connectivity index (χ1v) is 8.55. The predicted molar refractivity (Wildman–Crippen MR) is 79.7 cm³/mol. The number of Topliss-reactive ketones (excluding diaryl/α,β-unsaturated/α-hetero) is 1. The Kier molecular flexibility index (Phi) is 4.04. The first-order chi connectivity index (χ1) is 9.31. The summed E-state index contributed by atoms with van der Waals surface area (Å²) in [5.74, 6) is 0.477. The lowest BCUT2D eigenvalue weighted by Crippen LogP contribution is -2.55. The first kappa shape index (κ1) is 13.3. The van der Waals surface area contributed by atoms with E-state index in [1.54, 1.807) is 11.3 Å². The number of carbonyl (C=O) groups is 1. The highest BCUT2D eigenvalue weighted by Crippen LogP contribution is 2.38. The van der Waals surface area contributed by atoms with Crippen LogP contribution >= 0.6 is 11.3 Å². The van der Waals surface area contributed by atoms with Crippen molar-refractivity contribution >= 4 is 17.1 Å². The van der Waals surface area contributed by atoms with Crippen LogP contribution in [0, 0.1) is 0 Å². The molecule has 2 nitrogen and oxygen atoms in total. The van der Waals surface area contributed by atoms with Crippen molar-refractivity contribution in [2.45, 2.75) is 56.9 Å². The Morgan fingerprint density at radius 3 is 2.53 bits per heavy atom. The van der Waals surface area contributed by atoms with E-state index >= 15 is 0 Å². The van der Waals surface area contributed by atoms with E-state index in [0.29, 0.717) is 12.2 Å². The quantitative estimate of drug-likeness (QED) is 0.837. The minimum atomic E-state index is -0.109. The minimum Gasteiger partial charge on any atom is -0.297 e. The third kappa shape index (κ3) is 2.63. The topological polar surface area (TPSA) is 20.3 Å². The molecular formula is C16H23NOS. The number of thiophene rings is 1. The standard InChI is InChI=1S/C16H23NOS/c18-15(12-14-6-11-19-13-14)16(7-2-3-8-16)17-9-4-1-5-10-17/h6,11,13H,1-5,7-10,12H2. The second kappa shape index (κ2) is 5.76. The van der Waals surface area contributed by atoms with Crippen LogP contribution in [-0.2, 0) is 11.2 Å². The summed E-state index contributed by atoms with van der Waals surface area (Å²) in [5.41, 5.74) is 1.10. The van der Waals surface area contributed by atoms with Gasteiger partial charge in [0, 0.05) is 6.42 Å². The molecule has 0 bridgehead atoms. The van der Waals surface area contributed by atoms with Gasteiger partial charge in [0.2, 0.25) is 0 Å². The van der Waals surface area contributed by atoms with Gasteiger partial charge in [0.15, 0.2) is 5.78 Å². The van der Waals surface area contributed by atoms with Gasteiger partial charge in [-0.05, 0) is 61.2 Å². The Labute approximate surface area is 119 Å². The predicted octanol–water partition coefficient (Wildman–Crippen LogP) is 3.66. The fourth-order valence-electron chi connectivity index (χ4n) is 3.80. The van der Waals surface area contributed by atoms with Crippen molar-refractivity contribution in [3.8, 4) is 0 Å². The highest BCUT2D eigenvalue weighted by molar-refractivity contribution is 7.08. The summed E-state index contributed by atoms with van der Waals surface area (Å²) in [7, 11) is 0. The third-order valence-corrected chi connectivity index (χ3v) is 5.59. The van der Waals surface area contributed by atoms with Gasteiger partial charge in [-0.15, -0.1) is 0 Å². The van der Waals surface area contributed by atoms with Crippen molar-refractivity contribution in [3.63, 3.8) is 0 Å². The number of likely N-dealkylation sites (tertiary alicyclic amines) is 1. The van der Waals surface area contributed by atoms with E-state index in [4.69, 9.17) is 0 Å². The lowest BCUT2D eigenvalue weighted by molar-refractivity contribution is -0.131. The molecule has 1 saturated heterocycles. The molecule has 0 aromatic carbocycles. The highest BCUT2D eigenvalue weighted by atomic mass is 32.1. The van der Waals surface area contributed by atoms with Gasteiger partial charge in [0.25, 0.3) is 0 Å². The molecule has 2 aliphatic rings. The fourth-order valence-corrected chi connectivity index (χ4v) is 4.47. The smallest absolute Gasteiger partial charge is 0.157 e. The molecule has 2 heterocycles. The number of carbonyl (C=O) groups excluding carboxylic acids is 1. The van der Waals surface area contributed by atoms with Crippen molar-refractivity contribution < 1.29 is 4.79 Å². The molecule has 19 heavy (non-hydrogen) atoms. The minimum absolute atomic E-state index is 0.109. The maximum Gasteiger partial charge on any atom is 0.157 e. The fraction of sp³-hybridized carbons (Fsp3) is 0.688. The van der Waals surface area contributed by atoms with Crippen molar-refractivity contribution in [3.05, 3.63) is 22.4 Å². The molecule has 3 heteroatoms. The Morgan fingerprint density at radius 2 is 1.89 bits per heavy atom. The van der Waals surface area contributed by atoms with Crippen molar-refractivity contribution in [1.29, 1.82) is 0 Å². The summed E-state index contributed by atoms with van der Waals surface area (Å²) in [6.45, 7) is 2.27.